The maximum Gasteiger partial charge on any atom is 0.274 e. The summed E-state index contributed by atoms with van der Waals surface area (Å²) in [4.78, 5) is 31.3. The Morgan fingerprint density at radius 3 is 2.63 bits per heavy atom. The third-order valence-corrected chi connectivity index (χ3v) is 6.89. The normalized spacial score (nSPS) is 14.3. The third kappa shape index (κ3) is 3.96. The van der Waals surface area contributed by atoms with Crippen LogP contribution in [0.15, 0.2) is 24.4 Å². The number of aromatic nitrogens is 1. The number of anilines is 1. The molecule has 2 aromatic heterocycles. The summed E-state index contributed by atoms with van der Waals surface area (Å²) in [5.74, 6) is -1.53. The number of pyridine rings is 1. The Kier molecular flexibility index (Phi) is 5.84. The molecule has 30 heavy (non-hydrogen) atoms. The number of carbonyl (C=O) groups excluding carboxylic acids is 2. The summed E-state index contributed by atoms with van der Waals surface area (Å²) < 4.78 is 0.400. The van der Waals surface area contributed by atoms with Crippen LogP contribution in [-0.2, 0) is 6.54 Å². The Morgan fingerprint density at radius 2 is 2.00 bits per heavy atom. The van der Waals surface area contributed by atoms with Gasteiger partial charge >= 0.3 is 0 Å². The highest BCUT2D eigenvalue weighted by molar-refractivity contribution is 7.24. The standard InChI is InChI=1S/C20H18Cl2N4O3S/c21-12-7-11-14(18(23)28)20(30-17(11)15(22)16(12)27)25-19(29)13-4-3-10(8-24-13)9-26-5-1-2-6-26/h3-4,7-8,27H,1-2,5-6,9H2,(H2,23,28)(H,25,29). The number of nitrogens with one attached hydrogen (secondary N) is 1. The van der Waals surface area contributed by atoms with E-state index in [1.165, 1.54) is 18.9 Å². The Bertz CT molecular complexity index is 1140. The number of nitrogens with zero attached hydrogens (tertiary/aromatic N) is 2. The van der Waals surface area contributed by atoms with Crippen molar-refractivity contribution >= 4 is 61.4 Å². The average Bonchev–Trinajstić information content (AvgIpc) is 3.34. The van der Waals surface area contributed by atoms with Crippen molar-refractivity contribution in [2.24, 2.45) is 5.73 Å². The topological polar surface area (TPSA) is 109 Å². The fourth-order valence-corrected chi connectivity index (χ4v) is 5.19. The molecule has 1 aliphatic heterocycles. The summed E-state index contributed by atoms with van der Waals surface area (Å²) in [5.41, 5.74) is 6.84. The van der Waals surface area contributed by atoms with E-state index < -0.39 is 11.8 Å². The lowest BCUT2D eigenvalue weighted by atomic mass is 10.1. The van der Waals surface area contributed by atoms with Gasteiger partial charge in [-0.3, -0.25) is 19.5 Å². The molecule has 1 saturated heterocycles. The first-order valence-corrected chi connectivity index (χ1v) is 10.8. The summed E-state index contributed by atoms with van der Waals surface area (Å²) in [6.07, 6.45) is 4.10. The molecule has 10 heteroatoms. The fraction of sp³-hybridized carbons (Fsp3) is 0.250. The van der Waals surface area contributed by atoms with E-state index >= 15 is 0 Å². The highest BCUT2D eigenvalue weighted by Crippen LogP contribution is 2.46. The van der Waals surface area contributed by atoms with Crippen LogP contribution in [0.1, 0.15) is 39.3 Å². The van der Waals surface area contributed by atoms with Gasteiger partial charge in [-0.15, -0.1) is 11.3 Å². The molecule has 4 rings (SSSR count). The predicted molar refractivity (Wildman–Crippen MR) is 119 cm³/mol. The highest BCUT2D eigenvalue weighted by atomic mass is 35.5. The van der Waals surface area contributed by atoms with Crippen molar-refractivity contribution in [3.8, 4) is 5.75 Å². The number of rotatable bonds is 5. The number of phenolic OH excluding ortho intramolecular Hbond substituents is 1. The van der Waals surface area contributed by atoms with E-state index in [9.17, 15) is 14.7 Å². The minimum atomic E-state index is -0.747. The number of aromatic hydroxyl groups is 1. The van der Waals surface area contributed by atoms with Crippen LogP contribution in [0.25, 0.3) is 10.1 Å². The number of nitrogens with two attached hydrogens (primary N) is 1. The minimum absolute atomic E-state index is 0.00473. The smallest absolute Gasteiger partial charge is 0.274 e. The molecule has 3 heterocycles. The average molecular weight is 465 g/mol. The minimum Gasteiger partial charge on any atom is -0.505 e. The van der Waals surface area contributed by atoms with Gasteiger partial charge in [0.15, 0.2) is 5.75 Å². The number of amides is 2. The number of benzene rings is 1. The lowest BCUT2D eigenvalue weighted by Crippen LogP contribution is -2.19. The van der Waals surface area contributed by atoms with Gasteiger partial charge in [0.05, 0.1) is 15.3 Å². The van der Waals surface area contributed by atoms with E-state index in [-0.39, 0.29) is 32.1 Å². The SMILES string of the molecule is NC(=O)c1c(NC(=O)c2ccc(CN3CCCC3)cn2)sc2c(Cl)c(O)c(Cl)cc12. The van der Waals surface area contributed by atoms with Crippen molar-refractivity contribution < 1.29 is 14.7 Å². The van der Waals surface area contributed by atoms with E-state index in [0.29, 0.717) is 10.1 Å². The summed E-state index contributed by atoms with van der Waals surface area (Å²) in [6, 6.07) is 4.91. The van der Waals surface area contributed by atoms with E-state index in [1.54, 1.807) is 12.3 Å². The van der Waals surface area contributed by atoms with Crippen LogP contribution in [0.2, 0.25) is 10.0 Å². The second-order valence-electron chi connectivity index (χ2n) is 7.06. The number of hydrogen-bond donors (Lipinski definition) is 3. The van der Waals surface area contributed by atoms with Crippen LogP contribution in [0.4, 0.5) is 5.00 Å². The van der Waals surface area contributed by atoms with Crippen molar-refractivity contribution in [1.29, 1.82) is 0 Å². The van der Waals surface area contributed by atoms with Crippen LogP contribution in [0.5, 0.6) is 5.75 Å². The van der Waals surface area contributed by atoms with E-state index in [2.05, 4.69) is 15.2 Å². The molecule has 0 aliphatic carbocycles. The predicted octanol–water partition coefficient (Wildman–Crippen LogP) is 4.26. The van der Waals surface area contributed by atoms with Crippen molar-refractivity contribution in [3.63, 3.8) is 0 Å². The Morgan fingerprint density at radius 1 is 1.27 bits per heavy atom. The third-order valence-electron chi connectivity index (χ3n) is 4.99. The largest absolute Gasteiger partial charge is 0.505 e. The van der Waals surface area contributed by atoms with Gasteiger partial charge in [-0.25, -0.2) is 0 Å². The molecule has 2 amide bonds. The highest BCUT2D eigenvalue weighted by Gasteiger charge is 2.23. The molecular weight excluding hydrogens is 447 g/mol. The zero-order valence-electron chi connectivity index (χ0n) is 15.7. The van der Waals surface area contributed by atoms with Gasteiger partial charge in [-0.05, 0) is 43.6 Å². The molecule has 3 aromatic rings. The summed E-state index contributed by atoms with van der Waals surface area (Å²) in [6.45, 7) is 2.96. The first-order valence-electron chi connectivity index (χ1n) is 9.27. The van der Waals surface area contributed by atoms with E-state index in [1.807, 2.05) is 6.07 Å². The number of likely N-dealkylation sites (tertiary alicyclic amines) is 1. The molecule has 0 spiro atoms. The number of halogens is 2. The van der Waals surface area contributed by atoms with Crippen LogP contribution in [0, 0.1) is 0 Å². The number of carbonyl (C=O) groups is 2. The van der Waals surface area contributed by atoms with Crippen molar-refractivity contribution in [1.82, 2.24) is 9.88 Å². The van der Waals surface area contributed by atoms with Crippen molar-refractivity contribution in [2.45, 2.75) is 19.4 Å². The molecule has 4 N–H and O–H groups in total. The number of primary amides is 1. The monoisotopic (exact) mass is 464 g/mol. The number of fused-ring (bicyclic) bond motifs is 1. The van der Waals surface area contributed by atoms with Gasteiger partial charge in [-0.1, -0.05) is 29.3 Å². The van der Waals surface area contributed by atoms with Crippen molar-refractivity contribution in [2.75, 3.05) is 18.4 Å². The van der Waals surface area contributed by atoms with Crippen LogP contribution in [-0.4, -0.2) is 39.9 Å². The first-order chi connectivity index (χ1) is 14.3. The van der Waals surface area contributed by atoms with Gasteiger partial charge in [0.2, 0.25) is 0 Å². The molecule has 1 aromatic carbocycles. The molecule has 0 bridgehead atoms. The zero-order chi connectivity index (χ0) is 21.4. The van der Waals surface area contributed by atoms with E-state index in [0.717, 1.165) is 36.5 Å². The summed E-state index contributed by atoms with van der Waals surface area (Å²) in [5, 5.41) is 13.2. The number of phenols is 1. The Balaban J connectivity index is 1.60. The van der Waals surface area contributed by atoms with Gasteiger partial charge in [0, 0.05) is 18.1 Å². The number of thiophene rings is 1. The fourth-order valence-electron chi connectivity index (χ4n) is 3.50. The molecule has 1 aliphatic rings. The maximum atomic E-state index is 12.7. The summed E-state index contributed by atoms with van der Waals surface area (Å²) in [7, 11) is 0. The maximum absolute atomic E-state index is 12.7. The molecule has 0 radical (unpaired) electrons. The second kappa shape index (κ2) is 8.39. The van der Waals surface area contributed by atoms with Crippen LogP contribution < -0.4 is 11.1 Å². The molecule has 0 unspecified atom stereocenters. The molecule has 0 saturated carbocycles. The number of hydrogen-bond acceptors (Lipinski definition) is 6. The lowest BCUT2D eigenvalue weighted by molar-refractivity contribution is 0.100. The first kappa shape index (κ1) is 20.9. The van der Waals surface area contributed by atoms with E-state index in [4.69, 9.17) is 28.9 Å². The van der Waals surface area contributed by atoms with Crippen molar-refractivity contribution in [3.05, 3.63) is 51.3 Å². The second-order valence-corrected chi connectivity index (χ2v) is 8.86. The van der Waals surface area contributed by atoms with Gasteiger partial charge < -0.3 is 16.2 Å². The molecular formula is C20H18Cl2N4O3S. The Hall–Kier alpha value is -2.39. The van der Waals surface area contributed by atoms with Gasteiger partial charge in [-0.2, -0.15) is 0 Å². The molecule has 1 fully saturated rings. The lowest BCUT2D eigenvalue weighted by Gasteiger charge is -2.14. The van der Waals surface area contributed by atoms with Crippen LogP contribution >= 0.6 is 34.5 Å². The van der Waals surface area contributed by atoms with Gasteiger partial charge in [0.1, 0.15) is 15.7 Å². The van der Waals surface area contributed by atoms with Crippen LogP contribution in [0.3, 0.4) is 0 Å². The van der Waals surface area contributed by atoms with Gasteiger partial charge in [0.25, 0.3) is 11.8 Å². The molecule has 156 valence electrons. The molecule has 7 nitrogen and oxygen atoms in total. The molecule has 0 atom stereocenters. The zero-order valence-corrected chi connectivity index (χ0v) is 18.1. The Labute approximate surface area is 186 Å². The quantitative estimate of drug-likeness (QED) is 0.522. The summed E-state index contributed by atoms with van der Waals surface area (Å²) >= 11 is 13.2.